The van der Waals surface area contributed by atoms with E-state index in [0.29, 0.717) is 33.3 Å². The van der Waals surface area contributed by atoms with Crippen LogP contribution in [0, 0.1) is 0 Å². The highest BCUT2D eigenvalue weighted by atomic mass is 35.5. The molecule has 6 amide bonds. The molecule has 2 saturated heterocycles. The molecule has 2 fully saturated rings. The van der Waals surface area contributed by atoms with Crippen LogP contribution >= 0.6 is 11.6 Å². The second kappa shape index (κ2) is 15.8. The Balaban J connectivity index is 0.000000179. The fourth-order valence-corrected chi connectivity index (χ4v) is 8.38. The number of aliphatic carboxylic acids is 2. The molecule has 0 radical (unpaired) electrons. The van der Waals surface area contributed by atoms with Crippen molar-refractivity contribution in [2.45, 2.75) is 49.6 Å². The van der Waals surface area contributed by atoms with Crippen LogP contribution in [-0.2, 0) is 62.3 Å². The second-order valence-corrected chi connectivity index (χ2v) is 14.9. The standard InChI is InChI=1S/C22H19ClN2O5.C21H18N2O6/c23-15-8-9-17-16(11-15)22(20(29)24(17)10-4-7-19(27)28)12-18(26)25(21(22)30)13-14-5-2-1-3-6-14;1-29-14-7-8-16-15(9-14)21(19(27)22(16)12-18(25)26)10-17(24)23(20(21)28)11-13-5-3-2-4-6-13/h1-3,5-6,8-9,11H,4,7,10,12-13H2,(H,27,28);2-9H,10-12H2,1H3,(H,25,26). The molecule has 302 valence electrons. The first-order valence-electron chi connectivity index (χ1n) is 18.6. The molecule has 16 heteroatoms. The highest BCUT2D eigenvalue weighted by molar-refractivity contribution is 6.33. The van der Waals surface area contributed by atoms with E-state index in [0.717, 1.165) is 25.8 Å². The summed E-state index contributed by atoms with van der Waals surface area (Å²) >= 11 is 6.16. The third-order valence-electron chi connectivity index (χ3n) is 11.0. The van der Waals surface area contributed by atoms with Crippen LogP contribution in [0.1, 0.15) is 47.9 Å². The SMILES string of the molecule is COc1ccc2c(c1)C1(CC(=O)N(Cc3ccccc3)C1=O)C(=O)N2CC(=O)O.O=C(O)CCCN1C(=O)C2(CC(=O)N(Cc3ccccc3)C2=O)c2cc(Cl)ccc21. The molecule has 4 aromatic rings. The number of carboxylic acid groups (broad SMARTS) is 2. The second-order valence-electron chi connectivity index (χ2n) is 14.5. The number of methoxy groups -OCH3 is 1. The fraction of sp³-hybridized carbons (Fsp3) is 0.256. The fourth-order valence-electron chi connectivity index (χ4n) is 8.21. The predicted molar refractivity (Wildman–Crippen MR) is 210 cm³/mol. The van der Waals surface area contributed by atoms with Crippen LogP contribution in [0.5, 0.6) is 5.75 Å². The Morgan fingerprint density at radius 2 is 1.10 bits per heavy atom. The molecule has 0 aromatic heterocycles. The number of carbonyl (C=O) groups is 8. The van der Waals surface area contributed by atoms with Crippen LogP contribution in [0.3, 0.4) is 0 Å². The Bertz CT molecular complexity index is 2430. The first kappa shape index (κ1) is 40.3. The molecule has 59 heavy (non-hydrogen) atoms. The van der Waals surface area contributed by atoms with Gasteiger partial charge in [0, 0.05) is 40.5 Å². The number of carbonyl (C=O) groups excluding carboxylic acids is 6. The number of amides is 6. The zero-order valence-electron chi connectivity index (χ0n) is 31.6. The van der Waals surface area contributed by atoms with Crippen molar-refractivity contribution < 1.29 is 53.3 Å². The molecule has 0 bridgehead atoms. The number of fused-ring (bicyclic) bond motifs is 4. The molecule has 0 saturated carbocycles. The summed E-state index contributed by atoms with van der Waals surface area (Å²) < 4.78 is 5.22. The van der Waals surface area contributed by atoms with Gasteiger partial charge in [-0.3, -0.25) is 53.1 Å². The maximum Gasteiger partial charge on any atom is 0.323 e. The zero-order chi connectivity index (χ0) is 42.2. The highest BCUT2D eigenvalue weighted by Gasteiger charge is 2.65. The summed E-state index contributed by atoms with van der Waals surface area (Å²) in [6.45, 7) is -0.323. The summed E-state index contributed by atoms with van der Waals surface area (Å²) in [6, 6.07) is 27.6. The van der Waals surface area contributed by atoms with Crippen molar-refractivity contribution in [2.75, 3.05) is 30.0 Å². The minimum absolute atomic E-state index is 0.0474. The molecule has 2 atom stereocenters. The summed E-state index contributed by atoms with van der Waals surface area (Å²) in [5.74, 6) is -5.06. The molecule has 0 aliphatic carbocycles. The van der Waals surface area contributed by atoms with Crippen molar-refractivity contribution >= 4 is 70.4 Å². The number of rotatable bonds is 11. The quantitative estimate of drug-likeness (QED) is 0.163. The van der Waals surface area contributed by atoms with Crippen molar-refractivity contribution in [3.63, 3.8) is 0 Å². The minimum Gasteiger partial charge on any atom is -0.497 e. The van der Waals surface area contributed by atoms with Gasteiger partial charge in [-0.2, -0.15) is 0 Å². The van der Waals surface area contributed by atoms with Gasteiger partial charge in [0.1, 0.15) is 12.3 Å². The number of hydrogen-bond donors (Lipinski definition) is 2. The van der Waals surface area contributed by atoms with Crippen LogP contribution in [0.25, 0.3) is 0 Å². The van der Waals surface area contributed by atoms with Gasteiger partial charge < -0.3 is 19.8 Å². The van der Waals surface area contributed by atoms with Crippen LogP contribution < -0.4 is 14.5 Å². The Kier molecular flexibility index (Phi) is 10.8. The molecule has 2 unspecified atom stereocenters. The van der Waals surface area contributed by atoms with Gasteiger partial charge in [0.15, 0.2) is 10.8 Å². The topological polar surface area (TPSA) is 199 Å². The van der Waals surface area contributed by atoms with Gasteiger partial charge >= 0.3 is 11.9 Å². The number of ether oxygens (including phenoxy) is 1. The number of hydrogen-bond acceptors (Lipinski definition) is 9. The van der Waals surface area contributed by atoms with E-state index in [1.807, 2.05) is 36.4 Å². The summed E-state index contributed by atoms with van der Waals surface area (Å²) in [4.78, 5) is 106. The lowest BCUT2D eigenvalue weighted by Crippen LogP contribution is -2.47. The number of nitrogens with zero attached hydrogens (tertiary/aromatic N) is 4. The maximum atomic E-state index is 13.5. The van der Waals surface area contributed by atoms with Crippen molar-refractivity contribution in [1.82, 2.24) is 9.80 Å². The molecule has 4 aliphatic heterocycles. The monoisotopic (exact) mass is 820 g/mol. The van der Waals surface area contributed by atoms with Crippen LogP contribution in [-0.4, -0.2) is 87.6 Å². The molecule has 2 spiro atoms. The van der Waals surface area contributed by atoms with Crippen molar-refractivity contribution in [3.05, 3.63) is 124 Å². The Morgan fingerprint density at radius 1 is 0.627 bits per heavy atom. The molecular weight excluding hydrogens is 784 g/mol. The van der Waals surface area contributed by atoms with Crippen LogP contribution in [0.2, 0.25) is 5.02 Å². The van der Waals surface area contributed by atoms with Gasteiger partial charge in [-0.1, -0.05) is 72.3 Å². The van der Waals surface area contributed by atoms with E-state index in [2.05, 4.69) is 0 Å². The number of carboxylic acids is 2. The van der Waals surface area contributed by atoms with Crippen molar-refractivity contribution in [3.8, 4) is 5.75 Å². The molecule has 4 heterocycles. The Labute approximate surface area is 342 Å². The zero-order valence-corrected chi connectivity index (χ0v) is 32.4. The van der Waals surface area contributed by atoms with Gasteiger partial charge in [-0.15, -0.1) is 0 Å². The van der Waals surface area contributed by atoms with Gasteiger partial charge in [0.25, 0.3) is 0 Å². The lowest BCUT2D eigenvalue weighted by Gasteiger charge is -2.22. The normalized spacial score (nSPS) is 20.4. The highest BCUT2D eigenvalue weighted by Crippen LogP contribution is 2.51. The lowest BCUT2D eigenvalue weighted by molar-refractivity contribution is -0.144. The Morgan fingerprint density at radius 3 is 1.61 bits per heavy atom. The summed E-state index contributed by atoms with van der Waals surface area (Å²) in [6.07, 6.45) is -0.476. The summed E-state index contributed by atoms with van der Waals surface area (Å²) in [5, 5.41) is 18.5. The van der Waals surface area contributed by atoms with Crippen LogP contribution in [0.4, 0.5) is 11.4 Å². The average Bonchev–Trinajstić information content (AvgIpc) is 3.80. The van der Waals surface area contributed by atoms with E-state index in [1.54, 1.807) is 54.6 Å². The number of likely N-dealkylation sites (tertiary alicyclic amines) is 2. The Hall–Kier alpha value is -6.87. The van der Waals surface area contributed by atoms with E-state index in [-0.39, 0.29) is 45.3 Å². The summed E-state index contributed by atoms with van der Waals surface area (Å²) in [5.41, 5.74) is -0.350. The molecule has 2 N–H and O–H groups in total. The van der Waals surface area contributed by atoms with E-state index in [9.17, 15) is 43.5 Å². The number of benzene rings is 4. The summed E-state index contributed by atoms with van der Waals surface area (Å²) in [7, 11) is 1.45. The van der Waals surface area contributed by atoms with Gasteiger partial charge in [-0.05, 0) is 53.9 Å². The number of imide groups is 2. The average molecular weight is 821 g/mol. The predicted octanol–water partition coefficient (Wildman–Crippen LogP) is 4.07. The third kappa shape index (κ3) is 6.96. The van der Waals surface area contributed by atoms with E-state index in [1.165, 1.54) is 18.1 Å². The van der Waals surface area contributed by atoms with Crippen molar-refractivity contribution in [2.24, 2.45) is 0 Å². The first-order valence-corrected chi connectivity index (χ1v) is 18.9. The van der Waals surface area contributed by atoms with Gasteiger partial charge in [0.2, 0.25) is 35.4 Å². The third-order valence-corrected chi connectivity index (χ3v) is 11.2. The molecule has 4 aromatic carbocycles. The minimum atomic E-state index is -1.76. The molecule has 8 rings (SSSR count). The smallest absolute Gasteiger partial charge is 0.323 e. The lowest BCUT2D eigenvalue weighted by atomic mass is 9.80. The maximum absolute atomic E-state index is 13.5. The van der Waals surface area contributed by atoms with Gasteiger partial charge in [-0.25, -0.2) is 0 Å². The molecule has 4 aliphatic rings. The first-order chi connectivity index (χ1) is 28.2. The molecular formula is C43H37ClN4O11. The molecule has 15 nitrogen and oxygen atoms in total. The van der Waals surface area contributed by atoms with E-state index >= 15 is 0 Å². The van der Waals surface area contributed by atoms with Crippen molar-refractivity contribution in [1.29, 1.82) is 0 Å². The number of halogens is 1. The van der Waals surface area contributed by atoms with E-state index in [4.69, 9.17) is 21.4 Å². The largest absolute Gasteiger partial charge is 0.497 e. The number of anilines is 2. The van der Waals surface area contributed by atoms with E-state index < -0.39 is 64.8 Å². The van der Waals surface area contributed by atoms with Crippen LogP contribution in [0.15, 0.2) is 97.1 Å². The van der Waals surface area contributed by atoms with Gasteiger partial charge in [0.05, 0.1) is 33.0 Å².